The fraction of sp³-hybridized carbons (Fsp3) is 1.00. The Morgan fingerprint density at radius 3 is 1.91 bits per heavy atom. The third kappa shape index (κ3) is 4.41. The molecule has 0 aromatic carbocycles. The summed E-state index contributed by atoms with van der Waals surface area (Å²) in [7, 11) is 0. The van der Waals surface area contributed by atoms with E-state index in [2.05, 4.69) is 27.7 Å². The quantitative estimate of drug-likeness (QED) is 0.652. The first-order valence-electron chi connectivity index (χ1n) is 4.87. The van der Waals surface area contributed by atoms with Gasteiger partial charge in [0.1, 0.15) is 0 Å². The van der Waals surface area contributed by atoms with Crippen molar-refractivity contribution >= 4 is 0 Å². The van der Waals surface area contributed by atoms with Crippen molar-refractivity contribution in [1.29, 1.82) is 0 Å². The van der Waals surface area contributed by atoms with E-state index < -0.39 is 0 Å². The summed E-state index contributed by atoms with van der Waals surface area (Å²) >= 11 is 0. The molecule has 0 saturated carbocycles. The first-order valence-corrected chi connectivity index (χ1v) is 4.87. The molecule has 1 heteroatoms. The minimum atomic E-state index is 0.369. The predicted octanol–water partition coefficient (Wildman–Crippen LogP) is 2.80. The third-order valence-electron chi connectivity index (χ3n) is 2.65. The van der Waals surface area contributed by atoms with Crippen molar-refractivity contribution in [1.82, 2.24) is 0 Å². The highest BCUT2D eigenvalue weighted by Crippen LogP contribution is 2.22. The molecule has 1 nitrogen and oxygen atoms in total. The third-order valence-corrected chi connectivity index (χ3v) is 2.65. The molecular weight excluding hydrogens is 134 g/mol. The second-order valence-electron chi connectivity index (χ2n) is 3.77. The average molecular weight is 157 g/mol. The molecule has 3 unspecified atom stereocenters. The van der Waals surface area contributed by atoms with Crippen molar-refractivity contribution in [3.8, 4) is 0 Å². The Hall–Kier alpha value is -0.0400. The summed E-state index contributed by atoms with van der Waals surface area (Å²) in [5.41, 5.74) is 5.76. The van der Waals surface area contributed by atoms with Crippen LogP contribution < -0.4 is 5.73 Å². The Bertz CT molecular complexity index is 88.9. The first-order chi connectivity index (χ1) is 5.11. The van der Waals surface area contributed by atoms with Crippen molar-refractivity contribution in [2.24, 2.45) is 17.6 Å². The molecule has 0 aliphatic carbocycles. The van der Waals surface area contributed by atoms with E-state index in [4.69, 9.17) is 5.73 Å². The molecule has 0 radical (unpaired) electrons. The molecule has 11 heavy (non-hydrogen) atoms. The van der Waals surface area contributed by atoms with Gasteiger partial charge in [0.05, 0.1) is 0 Å². The van der Waals surface area contributed by atoms with Gasteiger partial charge in [-0.25, -0.2) is 0 Å². The van der Waals surface area contributed by atoms with Crippen LogP contribution in [0.3, 0.4) is 0 Å². The molecule has 2 N–H and O–H groups in total. The summed E-state index contributed by atoms with van der Waals surface area (Å²) in [4.78, 5) is 0. The van der Waals surface area contributed by atoms with E-state index in [9.17, 15) is 0 Å². The molecule has 0 spiro atoms. The van der Waals surface area contributed by atoms with Crippen molar-refractivity contribution in [2.75, 3.05) is 0 Å². The lowest BCUT2D eigenvalue weighted by atomic mass is 9.85. The Labute approximate surface area is 71.4 Å². The van der Waals surface area contributed by atoms with E-state index in [-0.39, 0.29) is 0 Å². The van der Waals surface area contributed by atoms with Gasteiger partial charge in [-0.15, -0.1) is 0 Å². The SMILES string of the molecule is CCC(C)C(CC)CC(C)N. The van der Waals surface area contributed by atoms with E-state index in [0.29, 0.717) is 6.04 Å². The molecule has 0 amide bonds. The maximum atomic E-state index is 5.76. The van der Waals surface area contributed by atoms with Crippen LogP contribution in [0.15, 0.2) is 0 Å². The fourth-order valence-corrected chi connectivity index (χ4v) is 1.61. The molecule has 0 bridgehead atoms. The molecule has 0 saturated heterocycles. The highest BCUT2D eigenvalue weighted by Gasteiger charge is 2.14. The van der Waals surface area contributed by atoms with Crippen molar-refractivity contribution < 1.29 is 0 Å². The molecule has 0 rings (SSSR count). The Morgan fingerprint density at radius 1 is 1.09 bits per heavy atom. The number of nitrogens with two attached hydrogens (primary N) is 1. The fourth-order valence-electron chi connectivity index (χ4n) is 1.61. The van der Waals surface area contributed by atoms with E-state index in [1.165, 1.54) is 19.3 Å². The lowest BCUT2D eigenvalue weighted by Crippen LogP contribution is -2.22. The van der Waals surface area contributed by atoms with E-state index in [0.717, 1.165) is 11.8 Å². The van der Waals surface area contributed by atoms with Crippen LogP contribution in [0.2, 0.25) is 0 Å². The lowest BCUT2D eigenvalue weighted by Gasteiger charge is -2.22. The highest BCUT2D eigenvalue weighted by molar-refractivity contribution is 4.68. The van der Waals surface area contributed by atoms with Gasteiger partial charge in [-0.1, -0.05) is 33.6 Å². The molecule has 0 aliphatic rings. The number of rotatable bonds is 5. The maximum Gasteiger partial charge on any atom is 0.00132 e. The Balaban J connectivity index is 3.74. The Kier molecular flexibility index (Phi) is 5.57. The molecule has 0 fully saturated rings. The van der Waals surface area contributed by atoms with Crippen LogP contribution >= 0.6 is 0 Å². The molecule has 0 aliphatic heterocycles. The highest BCUT2D eigenvalue weighted by atomic mass is 14.6. The molecular formula is C10H23N. The van der Waals surface area contributed by atoms with E-state index >= 15 is 0 Å². The van der Waals surface area contributed by atoms with Crippen LogP contribution in [0.5, 0.6) is 0 Å². The second-order valence-corrected chi connectivity index (χ2v) is 3.77. The Morgan fingerprint density at radius 2 is 1.64 bits per heavy atom. The van der Waals surface area contributed by atoms with Gasteiger partial charge in [-0.2, -0.15) is 0 Å². The summed E-state index contributed by atoms with van der Waals surface area (Å²) < 4.78 is 0. The van der Waals surface area contributed by atoms with Gasteiger partial charge >= 0.3 is 0 Å². The number of hydrogen-bond donors (Lipinski definition) is 1. The molecule has 0 heterocycles. The monoisotopic (exact) mass is 157 g/mol. The molecule has 0 aromatic rings. The smallest absolute Gasteiger partial charge is 0.00132 e. The standard InChI is InChI=1S/C10H23N/c1-5-8(3)10(6-2)7-9(4)11/h8-10H,5-7,11H2,1-4H3. The summed E-state index contributed by atoms with van der Waals surface area (Å²) in [6.45, 7) is 8.95. The van der Waals surface area contributed by atoms with Gasteiger partial charge in [0.15, 0.2) is 0 Å². The van der Waals surface area contributed by atoms with Crippen LogP contribution in [-0.2, 0) is 0 Å². The zero-order valence-electron chi connectivity index (χ0n) is 8.43. The van der Waals surface area contributed by atoms with Gasteiger partial charge < -0.3 is 5.73 Å². The van der Waals surface area contributed by atoms with Gasteiger partial charge in [0, 0.05) is 6.04 Å². The molecule has 68 valence electrons. The van der Waals surface area contributed by atoms with Gasteiger partial charge in [-0.3, -0.25) is 0 Å². The van der Waals surface area contributed by atoms with Gasteiger partial charge in [0.25, 0.3) is 0 Å². The van der Waals surface area contributed by atoms with Crippen LogP contribution in [0.25, 0.3) is 0 Å². The van der Waals surface area contributed by atoms with Crippen LogP contribution in [-0.4, -0.2) is 6.04 Å². The van der Waals surface area contributed by atoms with Crippen molar-refractivity contribution in [2.45, 2.75) is 53.0 Å². The summed E-state index contributed by atoms with van der Waals surface area (Å²) in [5.74, 6) is 1.67. The minimum Gasteiger partial charge on any atom is -0.328 e. The zero-order chi connectivity index (χ0) is 8.85. The molecule has 0 aromatic heterocycles. The predicted molar refractivity (Wildman–Crippen MR) is 51.5 cm³/mol. The number of hydrogen-bond acceptors (Lipinski definition) is 1. The normalized spacial score (nSPS) is 19.4. The van der Waals surface area contributed by atoms with Crippen molar-refractivity contribution in [3.05, 3.63) is 0 Å². The summed E-state index contributed by atoms with van der Waals surface area (Å²) in [6, 6.07) is 0.369. The summed E-state index contributed by atoms with van der Waals surface area (Å²) in [5, 5.41) is 0. The first kappa shape index (κ1) is 11.0. The second kappa shape index (κ2) is 5.59. The van der Waals surface area contributed by atoms with Crippen molar-refractivity contribution in [3.63, 3.8) is 0 Å². The van der Waals surface area contributed by atoms with E-state index in [1.54, 1.807) is 0 Å². The van der Waals surface area contributed by atoms with Crippen LogP contribution in [0.1, 0.15) is 47.0 Å². The zero-order valence-corrected chi connectivity index (χ0v) is 8.43. The maximum absolute atomic E-state index is 5.76. The van der Waals surface area contributed by atoms with E-state index in [1.807, 2.05) is 0 Å². The van der Waals surface area contributed by atoms with Gasteiger partial charge in [0.2, 0.25) is 0 Å². The minimum absolute atomic E-state index is 0.369. The topological polar surface area (TPSA) is 26.0 Å². The largest absolute Gasteiger partial charge is 0.328 e. The van der Waals surface area contributed by atoms with Crippen LogP contribution in [0.4, 0.5) is 0 Å². The molecule has 3 atom stereocenters. The van der Waals surface area contributed by atoms with Gasteiger partial charge in [-0.05, 0) is 25.2 Å². The average Bonchev–Trinajstić information content (AvgIpc) is 1.98. The lowest BCUT2D eigenvalue weighted by molar-refractivity contribution is 0.301. The summed E-state index contributed by atoms with van der Waals surface area (Å²) in [6.07, 6.45) is 3.74. The van der Waals surface area contributed by atoms with Crippen LogP contribution in [0, 0.1) is 11.8 Å².